The predicted octanol–water partition coefficient (Wildman–Crippen LogP) is 4.46. The van der Waals surface area contributed by atoms with E-state index in [9.17, 15) is 17.6 Å². The summed E-state index contributed by atoms with van der Waals surface area (Å²) in [6.45, 7) is 4.77. The molecule has 2 nitrogen and oxygen atoms in total. The van der Waals surface area contributed by atoms with Crippen LogP contribution in [0, 0.1) is 11.2 Å². The lowest BCUT2D eigenvalue weighted by molar-refractivity contribution is -0.136. The number of alkyl halides is 3. The summed E-state index contributed by atoms with van der Waals surface area (Å²) in [5.74, 6) is -0.165. The molecule has 1 aromatic carbocycles. The van der Waals surface area contributed by atoms with Gasteiger partial charge >= 0.3 is 6.18 Å². The van der Waals surface area contributed by atoms with Gasteiger partial charge in [-0.1, -0.05) is 18.2 Å². The Bertz CT molecular complexity index is 575. The molecule has 2 saturated heterocycles. The number of halogens is 4. The maximum atomic E-state index is 13.9. The summed E-state index contributed by atoms with van der Waals surface area (Å²) >= 11 is 0. The van der Waals surface area contributed by atoms with Crippen LogP contribution in [0.2, 0.25) is 0 Å². The molecule has 0 aromatic heterocycles. The van der Waals surface area contributed by atoms with Crippen LogP contribution >= 0.6 is 0 Å². The molecule has 0 bridgehead atoms. The van der Waals surface area contributed by atoms with Gasteiger partial charge in [0.2, 0.25) is 0 Å². The van der Waals surface area contributed by atoms with E-state index in [4.69, 9.17) is 0 Å². The van der Waals surface area contributed by atoms with E-state index in [-0.39, 0.29) is 17.7 Å². The van der Waals surface area contributed by atoms with Gasteiger partial charge in [0.1, 0.15) is 5.82 Å². The summed E-state index contributed by atoms with van der Waals surface area (Å²) in [5.41, 5.74) is 0.890. The van der Waals surface area contributed by atoms with Crippen LogP contribution in [-0.4, -0.2) is 48.7 Å². The van der Waals surface area contributed by atoms with Crippen molar-refractivity contribution >= 4 is 0 Å². The average Bonchev–Trinajstić information content (AvgIpc) is 2.91. The van der Waals surface area contributed by atoms with Gasteiger partial charge in [0.15, 0.2) is 0 Å². The molecule has 140 valence electrons. The summed E-state index contributed by atoms with van der Waals surface area (Å²) in [6.07, 6.45) is -1.35. The highest BCUT2D eigenvalue weighted by molar-refractivity contribution is 5.17. The second-order valence-electron chi connectivity index (χ2n) is 7.65. The van der Waals surface area contributed by atoms with E-state index < -0.39 is 12.6 Å². The zero-order valence-electron chi connectivity index (χ0n) is 14.5. The van der Waals surface area contributed by atoms with Crippen LogP contribution in [0.15, 0.2) is 24.3 Å². The normalized spacial score (nSPS) is 25.8. The van der Waals surface area contributed by atoms with E-state index in [0.29, 0.717) is 13.1 Å². The summed E-state index contributed by atoms with van der Waals surface area (Å²) in [7, 11) is 0. The first-order valence-electron chi connectivity index (χ1n) is 9.10. The molecule has 1 aromatic rings. The zero-order valence-corrected chi connectivity index (χ0v) is 14.5. The fraction of sp³-hybridized carbons (Fsp3) is 0.684. The zero-order chi connectivity index (χ0) is 17.9. The van der Waals surface area contributed by atoms with Gasteiger partial charge in [0.05, 0.1) is 0 Å². The Morgan fingerprint density at radius 2 is 1.76 bits per heavy atom. The second kappa shape index (κ2) is 7.62. The fourth-order valence-corrected chi connectivity index (χ4v) is 4.37. The summed E-state index contributed by atoms with van der Waals surface area (Å²) < 4.78 is 50.8. The summed E-state index contributed by atoms with van der Waals surface area (Å²) in [6, 6.07) is 6.88. The van der Waals surface area contributed by atoms with Crippen molar-refractivity contribution in [1.82, 2.24) is 9.80 Å². The van der Waals surface area contributed by atoms with Crippen LogP contribution in [0.3, 0.4) is 0 Å². The van der Waals surface area contributed by atoms with E-state index in [1.165, 1.54) is 6.07 Å². The number of nitrogens with zero attached hydrogens (tertiary/aromatic N) is 2. The summed E-state index contributed by atoms with van der Waals surface area (Å²) in [4.78, 5) is 4.49. The van der Waals surface area contributed by atoms with Crippen molar-refractivity contribution in [3.05, 3.63) is 35.6 Å². The highest BCUT2D eigenvalue weighted by Gasteiger charge is 2.41. The van der Waals surface area contributed by atoms with Crippen LogP contribution in [0.5, 0.6) is 0 Å². The van der Waals surface area contributed by atoms with Crippen molar-refractivity contribution in [2.24, 2.45) is 5.41 Å². The van der Waals surface area contributed by atoms with Gasteiger partial charge < -0.3 is 4.90 Å². The van der Waals surface area contributed by atoms with Gasteiger partial charge in [0, 0.05) is 31.6 Å². The molecule has 2 heterocycles. The molecule has 2 aliphatic heterocycles. The minimum atomic E-state index is -4.06. The molecule has 0 radical (unpaired) electrons. The van der Waals surface area contributed by atoms with E-state index in [0.717, 1.165) is 51.0 Å². The number of hydrogen-bond donors (Lipinski definition) is 0. The van der Waals surface area contributed by atoms with Gasteiger partial charge in [-0.15, -0.1) is 0 Å². The third-order valence-electron chi connectivity index (χ3n) is 5.54. The molecule has 2 fully saturated rings. The van der Waals surface area contributed by atoms with Gasteiger partial charge in [-0.25, -0.2) is 4.39 Å². The van der Waals surface area contributed by atoms with Crippen LogP contribution in [0.1, 0.15) is 37.7 Å². The van der Waals surface area contributed by atoms with E-state index in [1.54, 1.807) is 6.07 Å². The van der Waals surface area contributed by atoms with Crippen molar-refractivity contribution in [3.63, 3.8) is 0 Å². The quantitative estimate of drug-likeness (QED) is 0.717. The average molecular weight is 358 g/mol. The predicted molar refractivity (Wildman–Crippen MR) is 89.7 cm³/mol. The summed E-state index contributed by atoms with van der Waals surface area (Å²) in [5, 5.41) is 0. The third-order valence-corrected chi connectivity index (χ3v) is 5.54. The number of benzene rings is 1. The number of rotatable bonds is 5. The molecule has 6 heteroatoms. The monoisotopic (exact) mass is 358 g/mol. The Balaban J connectivity index is 1.52. The van der Waals surface area contributed by atoms with Gasteiger partial charge in [0.25, 0.3) is 0 Å². The van der Waals surface area contributed by atoms with Gasteiger partial charge in [-0.2, -0.15) is 13.2 Å². The largest absolute Gasteiger partial charge is 0.389 e. The first-order chi connectivity index (χ1) is 11.9. The Morgan fingerprint density at radius 3 is 2.52 bits per heavy atom. The van der Waals surface area contributed by atoms with Gasteiger partial charge in [-0.05, 0) is 56.8 Å². The van der Waals surface area contributed by atoms with Crippen molar-refractivity contribution in [1.29, 1.82) is 0 Å². The van der Waals surface area contributed by atoms with Crippen LogP contribution in [0.25, 0.3) is 0 Å². The number of hydrogen-bond acceptors (Lipinski definition) is 2. The molecule has 25 heavy (non-hydrogen) atoms. The van der Waals surface area contributed by atoms with Crippen molar-refractivity contribution in [3.8, 4) is 0 Å². The minimum Gasteiger partial charge on any atom is -0.303 e. The molecule has 0 aliphatic carbocycles. The first kappa shape index (κ1) is 18.6. The second-order valence-corrected chi connectivity index (χ2v) is 7.65. The van der Waals surface area contributed by atoms with Crippen LogP contribution in [0.4, 0.5) is 17.6 Å². The number of likely N-dealkylation sites (tertiary alicyclic amines) is 2. The minimum absolute atomic E-state index is 0.165. The highest BCUT2D eigenvalue weighted by atomic mass is 19.4. The van der Waals surface area contributed by atoms with Crippen molar-refractivity contribution < 1.29 is 17.6 Å². The lowest BCUT2D eigenvalue weighted by Gasteiger charge is -2.40. The highest BCUT2D eigenvalue weighted by Crippen LogP contribution is 2.39. The van der Waals surface area contributed by atoms with Crippen molar-refractivity contribution in [2.45, 2.75) is 44.8 Å². The molecule has 0 saturated carbocycles. The number of piperidine rings is 1. The Hall–Kier alpha value is -1.14. The lowest BCUT2D eigenvalue weighted by Crippen LogP contribution is -2.44. The van der Waals surface area contributed by atoms with E-state index in [1.807, 2.05) is 12.1 Å². The standard InChI is InChI=1S/C19H26F4N2/c20-17-6-2-1-5-16(17)13-25-11-3-7-18(15-25)9-12-24(14-18)10-4-8-19(21,22)23/h1-2,5-6H,3-4,7-15H2. The maximum absolute atomic E-state index is 13.9. The Kier molecular flexibility index (Phi) is 5.68. The molecule has 1 spiro atoms. The van der Waals surface area contributed by atoms with E-state index in [2.05, 4.69) is 9.80 Å². The molecule has 0 N–H and O–H groups in total. The first-order valence-corrected chi connectivity index (χ1v) is 9.10. The molecule has 3 rings (SSSR count). The fourth-order valence-electron chi connectivity index (χ4n) is 4.37. The van der Waals surface area contributed by atoms with E-state index >= 15 is 0 Å². The Labute approximate surface area is 146 Å². The van der Waals surface area contributed by atoms with Gasteiger partial charge in [-0.3, -0.25) is 4.90 Å². The molecule has 1 unspecified atom stereocenters. The maximum Gasteiger partial charge on any atom is 0.389 e. The SMILES string of the molecule is Fc1ccccc1CN1CCCC2(CCN(CCCC(F)(F)F)C2)C1. The topological polar surface area (TPSA) is 6.48 Å². The Morgan fingerprint density at radius 1 is 1.00 bits per heavy atom. The lowest BCUT2D eigenvalue weighted by atomic mass is 9.79. The van der Waals surface area contributed by atoms with Crippen LogP contribution < -0.4 is 0 Å². The molecular formula is C19H26F4N2. The van der Waals surface area contributed by atoms with Crippen molar-refractivity contribution in [2.75, 3.05) is 32.7 Å². The molecule has 1 atom stereocenters. The molecule has 2 aliphatic rings. The third kappa shape index (κ3) is 5.17. The molecular weight excluding hydrogens is 332 g/mol. The molecule has 0 amide bonds. The smallest absolute Gasteiger partial charge is 0.303 e. The van der Waals surface area contributed by atoms with Crippen LogP contribution in [-0.2, 0) is 6.54 Å².